The molecule has 1 aliphatic carbocycles. The largest absolute Gasteiger partial charge is 0.454 e. The third-order valence-corrected chi connectivity index (χ3v) is 4.59. The Morgan fingerprint density at radius 2 is 2.05 bits per heavy atom. The van der Waals surface area contributed by atoms with Gasteiger partial charge in [0.05, 0.1) is 0 Å². The van der Waals surface area contributed by atoms with Crippen molar-refractivity contribution in [3.63, 3.8) is 0 Å². The maximum atomic E-state index is 5.46. The molecule has 0 bridgehead atoms. The molecule has 0 radical (unpaired) electrons. The molecule has 20 heavy (non-hydrogen) atoms. The molecular weight excluding hydrogens is 250 g/mol. The molecule has 2 unspecified atom stereocenters. The predicted molar refractivity (Wildman–Crippen MR) is 80.2 cm³/mol. The van der Waals surface area contributed by atoms with Gasteiger partial charge in [0, 0.05) is 12.1 Å². The number of rotatable bonds is 3. The van der Waals surface area contributed by atoms with Crippen LogP contribution in [0, 0.1) is 5.41 Å². The normalized spacial score (nSPS) is 25.4. The molecule has 0 saturated heterocycles. The Bertz CT molecular complexity index is 484. The molecule has 110 valence electrons. The molecule has 1 aliphatic heterocycles. The van der Waals surface area contributed by atoms with Crippen LogP contribution in [0.2, 0.25) is 0 Å². The second-order valence-electron chi connectivity index (χ2n) is 6.96. The van der Waals surface area contributed by atoms with Gasteiger partial charge in [-0.15, -0.1) is 0 Å². The second kappa shape index (κ2) is 5.28. The summed E-state index contributed by atoms with van der Waals surface area (Å²) in [5, 5.41) is 3.79. The Balaban J connectivity index is 1.65. The van der Waals surface area contributed by atoms with Gasteiger partial charge >= 0.3 is 0 Å². The number of benzene rings is 1. The van der Waals surface area contributed by atoms with E-state index in [0.717, 1.165) is 11.5 Å². The lowest BCUT2D eigenvalue weighted by molar-refractivity contribution is 0.173. The number of hydrogen-bond acceptors (Lipinski definition) is 3. The van der Waals surface area contributed by atoms with E-state index in [0.29, 0.717) is 24.3 Å². The molecule has 1 aromatic carbocycles. The molecular formula is C17H25NO2. The lowest BCUT2D eigenvalue weighted by Gasteiger charge is -2.37. The third-order valence-electron chi connectivity index (χ3n) is 4.59. The van der Waals surface area contributed by atoms with Gasteiger partial charge in [0.15, 0.2) is 11.5 Å². The van der Waals surface area contributed by atoms with E-state index in [1.807, 2.05) is 6.07 Å². The molecule has 3 rings (SSSR count). The second-order valence-corrected chi connectivity index (χ2v) is 6.96. The molecule has 2 atom stereocenters. The highest BCUT2D eigenvalue weighted by Crippen LogP contribution is 2.37. The van der Waals surface area contributed by atoms with Gasteiger partial charge in [-0.1, -0.05) is 26.3 Å². The van der Waals surface area contributed by atoms with Gasteiger partial charge in [-0.2, -0.15) is 0 Å². The fraction of sp³-hybridized carbons (Fsp3) is 0.647. The lowest BCUT2D eigenvalue weighted by atomic mass is 9.75. The predicted octanol–water partition coefficient (Wildman–Crippen LogP) is 4.03. The van der Waals surface area contributed by atoms with Crippen LogP contribution in [-0.4, -0.2) is 12.8 Å². The summed E-state index contributed by atoms with van der Waals surface area (Å²) >= 11 is 0. The first-order valence-electron chi connectivity index (χ1n) is 7.69. The highest BCUT2D eigenvalue weighted by Gasteiger charge is 2.28. The zero-order valence-electron chi connectivity index (χ0n) is 12.7. The SMILES string of the molecule is CC(NC1CCCC(C)(C)C1)c1ccc2c(c1)OCO2. The first-order valence-corrected chi connectivity index (χ1v) is 7.69. The van der Waals surface area contributed by atoms with Crippen LogP contribution in [0.25, 0.3) is 0 Å². The zero-order valence-corrected chi connectivity index (χ0v) is 12.7. The summed E-state index contributed by atoms with van der Waals surface area (Å²) in [6, 6.07) is 7.23. The van der Waals surface area contributed by atoms with Crippen molar-refractivity contribution in [3.8, 4) is 11.5 Å². The van der Waals surface area contributed by atoms with Crippen LogP contribution in [0.15, 0.2) is 18.2 Å². The molecule has 0 spiro atoms. The minimum Gasteiger partial charge on any atom is -0.454 e. The highest BCUT2D eigenvalue weighted by molar-refractivity contribution is 5.45. The molecule has 3 nitrogen and oxygen atoms in total. The summed E-state index contributed by atoms with van der Waals surface area (Å²) in [5.74, 6) is 1.74. The minimum absolute atomic E-state index is 0.345. The molecule has 2 aliphatic rings. The van der Waals surface area contributed by atoms with E-state index in [2.05, 4.69) is 38.2 Å². The summed E-state index contributed by atoms with van der Waals surface area (Å²) < 4.78 is 10.8. The summed E-state index contributed by atoms with van der Waals surface area (Å²) in [7, 11) is 0. The van der Waals surface area contributed by atoms with E-state index in [9.17, 15) is 0 Å². The van der Waals surface area contributed by atoms with Crippen molar-refractivity contribution < 1.29 is 9.47 Å². The Morgan fingerprint density at radius 1 is 1.25 bits per heavy atom. The van der Waals surface area contributed by atoms with Gasteiger partial charge in [-0.3, -0.25) is 0 Å². The smallest absolute Gasteiger partial charge is 0.231 e. The standard InChI is InChI=1S/C17H25NO2/c1-12(18-14-5-4-8-17(2,3)10-14)13-6-7-15-16(9-13)20-11-19-15/h6-7,9,12,14,18H,4-5,8,10-11H2,1-3H3. The van der Waals surface area contributed by atoms with Crippen LogP contribution < -0.4 is 14.8 Å². The van der Waals surface area contributed by atoms with E-state index >= 15 is 0 Å². The first-order chi connectivity index (χ1) is 9.53. The van der Waals surface area contributed by atoms with Gasteiger partial charge in [0.25, 0.3) is 0 Å². The van der Waals surface area contributed by atoms with Crippen molar-refractivity contribution in [2.45, 2.75) is 58.5 Å². The van der Waals surface area contributed by atoms with Gasteiger partial charge in [-0.25, -0.2) is 0 Å². The monoisotopic (exact) mass is 275 g/mol. The Morgan fingerprint density at radius 3 is 2.85 bits per heavy atom. The number of ether oxygens (including phenoxy) is 2. The molecule has 1 fully saturated rings. The van der Waals surface area contributed by atoms with E-state index in [1.165, 1.54) is 31.2 Å². The zero-order chi connectivity index (χ0) is 14.2. The fourth-order valence-electron chi connectivity index (χ4n) is 3.47. The Kier molecular flexibility index (Phi) is 3.63. The quantitative estimate of drug-likeness (QED) is 0.903. The van der Waals surface area contributed by atoms with Gasteiger partial charge in [-0.05, 0) is 49.3 Å². The van der Waals surface area contributed by atoms with Crippen LogP contribution in [0.5, 0.6) is 11.5 Å². The number of hydrogen-bond donors (Lipinski definition) is 1. The lowest BCUT2D eigenvalue weighted by Crippen LogP contribution is -2.38. The molecule has 1 saturated carbocycles. The minimum atomic E-state index is 0.345. The maximum Gasteiger partial charge on any atom is 0.231 e. The van der Waals surface area contributed by atoms with Crippen LogP contribution >= 0.6 is 0 Å². The van der Waals surface area contributed by atoms with Crippen molar-refractivity contribution >= 4 is 0 Å². The number of nitrogens with one attached hydrogen (secondary N) is 1. The summed E-state index contributed by atoms with van der Waals surface area (Å²) in [4.78, 5) is 0. The summed E-state index contributed by atoms with van der Waals surface area (Å²) in [6.07, 6.45) is 5.24. The molecule has 1 aromatic rings. The van der Waals surface area contributed by atoms with Crippen LogP contribution in [0.1, 0.15) is 58.1 Å². The third kappa shape index (κ3) is 2.93. The molecule has 0 amide bonds. The topological polar surface area (TPSA) is 30.5 Å². The average molecular weight is 275 g/mol. The average Bonchev–Trinajstić information content (AvgIpc) is 2.84. The van der Waals surface area contributed by atoms with Crippen molar-refractivity contribution in [3.05, 3.63) is 23.8 Å². The van der Waals surface area contributed by atoms with E-state index in [-0.39, 0.29) is 0 Å². The van der Waals surface area contributed by atoms with E-state index in [4.69, 9.17) is 9.47 Å². The summed E-state index contributed by atoms with van der Waals surface area (Å²) in [6.45, 7) is 7.34. The van der Waals surface area contributed by atoms with Crippen molar-refractivity contribution in [2.24, 2.45) is 5.41 Å². The summed E-state index contributed by atoms with van der Waals surface area (Å²) in [5.41, 5.74) is 1.75. The van der Waals surface area contributed by atoms with Crippen molar-refractivity contribution in [1.82, 2.24) is 5.32 Å². The Hall–Kier alpha value is -1.22. The first kappa shape index (κ1) is 13.7. The highest BCUT2D eigenvalue weighted by atomic mass is 16.7. The van der Waals surface area contributed by atoms with Crippen LogP contribution in [-0.2, 0) is 0 Å². The Labute approximate surface area is 121 Å². The van der Waals surface area contributed by atoms with Gasteiger partial charge < -0.3 is 14.8 Å². The maximum absolute atomic E-state index is 5.46. The van der Waals surface area contributed by atoms with Crippen LogP contribution in [0.3, 0.4) is 0 Å². The molecule has 3 heteroatoms. The van der Waals surface area contributed by atoms with E-state index < -0.39 is 0 Å². The van der Waals surface area contributed by atoms with E-state index in [1.54, 1.807) is 0 Å². The number of fused-ring (bicyclic) bond motifs is 1. The molecule has 1 heterocycles. The molecule has 0 aromatic heterocycles. The van der Waals surface area contributed by atoms with Gasteiger partial charge in [0.1, 0.15) is 0 Å². The van der Waals surface area contributed by atoms with Gasteiger partial charge in [0.2, 0.25) is 6.79 Å². The van der Waals surface area contributed by atoms with Crippen molar-refractivity contribution in [2.75, 3.05) is 6.79 Å². The van der Waals surface area contributed by atoms with Crippen LogP contribution in [0.4, 0.5) is 0 Å². The molecule has 1 N–H and O–H groups in total. The fourth-order valence-corrected chi connectivity index (χ4v) is 3.47. The van der Waals surface area contributed by atoms with Crippen molar-refractivity contribution in [1.29, 1.82) is 0 Å².